The first-order chi connectivity index (χ1) is 13.8. The molecule has 0 aromatic heterocycles. The van der Waals surface area contributed by atoms with E-state index in [0.29, 0.717) is 12.2 Å². The van der Waals surface area contributed by atoms with Crippen LogP contribution in [0, 0.1) is 10.1 Å². The zero-order chi connectivity index (χ0) is 21.2. The third-order valence-corrected chi connectivity index (χ3v) is 5.28. The monoisotopic (exact) mass is 397 g/mol. The summed E-state index contributed by atoms with van der Waals surface area (Å²) in [5.41, 5.74) is -0.0194. The Morgan fingerprint density at radius 2 is 1.86 bits per heavy atom. The minimum absolute atomic E-state index is 0.0180. The molecule has 1 aliphatic rings. The molecule has 8 heteroatoms. The first-order valence-electron chi connectivity index (χ1n) is 9.20. The van der Waals surface area contributed by atoms with Gasteiger partial charge in [-0.1, -0.05) is 36.4 Å². The number of carbonyl (C=O) groups is 2. The number of amides is 2. The normalized spacial score (nSPS) is 21.6. The number of piperazine rings is 1. The summed E-state index contributed by atoms with van der Waals surface area (Å²) < 4.78 is 5.26. The average molecular weight is 397 g/mol. The maximum Gasteiger partial charge on any atom is 0.276 e. The Morgan fingerprint density at radius 3 is 2.48 bits per heavy atom. The maximum atomic E-state index is 13.1. The van der Waals surface area contributed by atoms with Crippen LogP contribution in [0.5, 0.6) is 5.75 Å². The van der Waals surface area contributed by atoms with Crippen molar-refractivity contribution in [3.05, 3.63) is 69.8 Å². The van der Waals surface area contributed by atoms with Crippen LogP contribution in [0.4, 0.5) is 5.69 Å². The second-order valence-corrected chi connectivity index (χ2v) is 7.33. The van der Waals surface area contributed by atoms with Gasteiger partial charge in [-0.2, -0.15) is 0 Å². The molecular weight excluding hydrogens is 374 g/mol. The zero-order valence-electron chi connectivity index (χ0n) is 16.5. The van der Waals surface area contributed by atoms with Crippen molar-refractivity contribution in [3.63, 3.8) is 0 Å². The van der Waals surface area contributed by atoms with Gasteiger partial charge in [0, 0.05) is 26.0 Å². The van der Waals surface area contributed by atoms with E-state index in [0.717, 1.165) is 5.56 Å². The number of nitro groups is 1. The summed E-state index contributed by atoms with van der Waals surface area (Å²) >= 11 is 0. The van der Waals surface area contributed by atoms with Crippen molar-refractivity contribution in [1.82, 2.24) is 10.2 Å². The Balaban J connectivity index is 1.89. The molecule has 0 bridgehead atoms. The summed E-state index contributed by atoms with van der Waals surface area (Å²) in [6.07, 6.45) is 0.333. The smallest absolute Gasteiger partial charge is 0.276 e. The van der Waals surface area contributed by atoms with Crippen molar-refractivity contribution in [2.75, 3.05) is 14.2 Å². The summed E-state index contributed by atoms with van der Waals surface area (Å²) in [6.45, 7) is 1.69. The lowest BCUT2D eigenvalue weighted by Crippen LogP contribution is -2.69. The topological polar surface area (TPSA) is 102 Å². The van der Waals surface area contributed by atoms with E-state index in [2.05, 4.69) is 5.32 Å². The second kappa shape index (κ2) is 7.90. The molecular formula is C21H23N3O5. The summed E-state index contributed by atoms with van der Waals surface area (Å²) in [5, 5.41) is 14.3. The summed E-state index contributed by atoms with van der Waals surface area (Å²) in [4.78, 5) is 38.3. The predicted molar refractivity (Wildman–Crippen MR) is 107 cm³/mol. The lowest BCUT2D eigenvalue weighted by molar-refractivity contribution is -0.385. The Kier molecular flexibility index (Phi) is 5.54. The van der Waals surface area contributed by atoms with Crippen molar-refractivity contribution in [3.8, 4) is 5.75 Å². The van der Waals surface area contributed by atoms with Gasteiger partial charge in [-0.25, -0.2) is 0 Å². The van der Waals surface area contributed by atoms with Crippen LogP contribution in [-0.2, 0) is 22.4 Å². The second-order valence-electron chi connectivity index (χ2n) is 7.33. The molecule has 2 amide bonds. The first kappa shape index (κ1) is 20.3. The summed E-state index contributed by atoms with van der Waals surface area (Å²) in [7, 11) is 2.96. The third kappa shape index (κ3) is 3.91. The molecule has 0 aliphatic carbocycles. The first-order valence-corrected chi connectivity index (χ1v) is 9.20. The maximum absolute atomic E-state index is 13.1. The Bertz CT molecular complexity index is 947. The van der Waals surface area contributed by atoms with Gasteiger partial charge in [0.15, 0.2) is 0 Å². The lowest BCUT2D eigenvalue weighted by atomic mass is 9.86. The minimum Gasteiger partial charge on any atom is -0.496 e. The van der Waals surface area contributed by atoms with E-state index < -0.39 is 16.5 Å². The molecule has 0 saturated carbocycles. The van der Waals surface area contributed by atoms with E-state index in [4.69, 9.17) is 4.74 Å². The van der Waals surface area contributed by atoms with Gasteiger partial charge in [0.2, 0.25) is 11.8 Å². The molecule has 3 rings (SSSR count). The highest BCUT2D eigenvalue weighted by Crippen LogP contribution is 2.32. The van der Waals surface area contributed by atoms with Crippen molar-refractivity contribution in [1.29, 1.82) is 0 Å². The van der Waals surface area contributed by atoms with Crippen LogP contribution >= 0.6 is 0 Å². The van der Waals surface area contributed by atoms with E-state index in [1.165, 1.54) is 24.1 Å². The van der Waals surface area contributed by atoms with Gasteiger partial charge in [0.05, 0.1) is 17.6 Å². The highest BCUT2D eigenvalue weighted by molar-refractivity contribution is 5.99. The molecule has 2 unspecified atom stereocenters. The van der Waals surface area contributed by atoms with E-state index in [-0.39, 0.29) is 29.5 Å². The van der Waals surface area contributed by atoms with Gasteiger partial charge in [0.25, 0.3) is 5.69 Å². The number of ether oxygens (including phenoxy) is 1. The van der Waals surface area contributed by atoms with E-state index in [1.807, 2.05) is 30.3 Å². The lowest BCUT2D eigenvalue weighted by Gasteiger charge is -2.43. The molecule has 2 aromatic carbocycles. The molecule has 1 fully saturated rings. The van der Waals surface area contributed by atoms with E-state index >= 15 is 0 Å². The Labute approximate surface area is 168 Å². The van der Waals surface area contributed by atoms with Crippen molar-refractivity contribution in [2.24, 2.45) is 0 Å². The van der Waals surface area contributed by atoms with Crippen LogP contribution in [0.2, 0.25) is 0 Å². The van der Waals surface area contributed by atoms with Gasteiger partial charge >= 0.3 is 0 Å². The summed E-state index contributed by atoms with van der Waals surface area (Å²) in [6, 6.07) is 13.0. The molecule has 8 nitrogen and oxygen atoms in total. The molecule has 0 radical (unpaired) electrons. The molecule has 0 spiro atoms. The fraction of sp³-hybridized carbons (Fsp3) is 0.333. The highest BCUT2D eigenvalue weighted by Gasteiger charge is 2.47. The van der Waals surface area contributed by atoms with Gasteiger partial charge < -0.3 is 15.0 Å². The number of methoxy groups -OCH3 is 1. The average Bonchev–Trinajstić information content (AvgIpc) is 2.70. The van der Waals surface area contributed by atoms with Gasteiger partial charge in [-0.05, 0) is 18.6 Å². The number of nitrogens with one attached hydrogen (secondary N) is 1. The van der Waals surface area contributed by atoms with Gasteiger partial charge in [-0.15, -0.1) is 0 Å². The molecule has 152 valence electrons. The van der Waals surface area contributed by atoms with Crippen LogP contribution in [0.15, 0.2) is 48.5 Å². The van der Waals surface area contributed by atoms with Gasteiger partial charge in [-0.3, -0.25) is 19.7 Å². The largest absolute Gasteiger partial charge is 0.496 e. The van der Waals surface area contributed by atoms with Crippen LogP contribution < -0.4 is 10.1 Å². The standard InChI is InChI=1S/C21H23N3O5/c1-21(13-14-8-5-4-6-9-14)20(26)23(2)17(19(25)22-21)12-15-16(24(27)28)10-7-11-18(15)29-3/h4-11,17H,12-13H2,1-3H3,(H,22,25). The van der Waals surface area contributed by atoms with Crippen LogP contribution in [0.25, 0.3) is 0 Å². The molecule has 2 aromatic rings. The van der Waals surface area contributed by atoms with Crippen LogP contribution in [0.1, 0.15) is 18.1 Å². The third-order valence-electron chi connectivity index (χ3n) is 5.28. The molecule has 1 heterocycles. The Hall–Kier alpha value is -3.42. The molecule has 29 heavy (non-hydrogen) atoms. The number of rotatable bonds is 6. The quantitative estimate of drug-likeness (QED) is 0.594. The molecule has 1 N–H and O–H groups in total. The number of likely N-dealkylation sites (N-methyl/N-ethyl adjacent to an activating group) is 1. The SMILES string of the molecule is COc1cccc([N+](=O)[O-])c1CC1C(=O)NC(C)(Cc2ccccc2)C(=O)N1C. The van der Waals surface area contributed by atoms with Crippen molar-refractivity contribution >= 4 is 17.5 Å². The zero-order valence-corrected chi connectivity index (χ0v) is 16.5. The number of nitrogens with zero attached hydrogens (tertiary/aromatic N) is 2. The molecule has 1 saturated heterocycles. The number of nitro benzene ring substituents is 1. The minimum atomic E-state index is -1.09. The molecule has 1 aliphatic heterocycles. The number of hydrogen-bond acceptors (Lipinski definition) is 5. The fourth-order valence-corrected chi connectivity index (χ4v) is 3.78. The Morgan fingerprint density at radius 1 is 1.17 bits per heavy atom. The summed E-state index contributed by atoms with van der Waals surface area (Å²) in [5.74, 6) is -0.292. The van der Waals surface area contributed by atoms with Crippen molar-refractivity contribution in [2.45, 2.75) is 31.3 Å². The van der Waals surface area contributed by atoms with E-state index in [9.17, 15) is 19.7 Å². The molecule has 2 atom stereocenters. The number of hydrogen-bond donors (Lipinski definition) is 1. The number of benzene rings is 2. The fourth-order valence-electron chi connectivity index (χ4n) is 3.78. The van der Waals surface area contributed by atoms with Crippen molar-refractivity contribution < 1.29 is 19.2 Å². The van der Waals surface area contributed by atoms with Crippen LogP contribution in [-0.4, -0.2) is 47.4 Å². The van der Waals surface area contributed by atoms with Crippen LogP contribution in [0.3, 0.4) is 0 Å². The van der Waals surface area contributed by atoms with Gasteiger partial charge in [0.1, 0.15) is 17.3 Å². The highest BCUT2D eigenvalue weighted by atomic mass is 16.6. The predicted octanol–water partition coefficient (Wildman–Crippen LogP) is 2.10. The van der Waals surface area contributed by atoms with E-state index in [1.54, 1.807) is 20.0 Å². The number of carbonyl (C=O) groups excluding carboxylic acids is 2.